The standard InChI is InChI=1S/C9H26N4Si/c1-14(2,3)9(12)8-13(6-4-10)7-5-11/h9H,4-8,10-12H2,1-3H3. The first-order chi connectivity index (χ1) is 6.41. The lowest BCUT2D eigenvalue weighted by molar-refractivity contribution is 0.287. The minimum Gasteiger partial charge on any atom is -0.329 e. The van der Waals surface area contributed by atoms with Crippen LogP contribution in [0.5, 0.6) is 0 Å². The molecule has 1 atom stereocenters. The Balaban J connectivity index is 4.01. The molecule has 0 fully saturated rings. The van der Waals surface area contributed by atoms with E-state index >= 15 is 0 Å². The van der Waals surface area contributed by atoms with Crippen LogP contribution >= 0.6 is 0 Å². The van der Waals surface area contributed by atoms with E-state index in [0.29, 0.717) is 18.8 Å². The van der Waals surface area contributed by atoms with Crippen molar-refractivity contribution in [2.24, 2.45) is 17.2 Å². The molecule has 0 bridgehead atoms. The summed E-state index contributed by atoms with van der Waals surface area (Å²) in [5.74, 6) is 0. The highest BCUT2D eigenvalue weighted by Gasteiger charge is 2.24. The molecule has 14 heavy (non-hydrogen) atoms. The van der Waals surface area contributed by atoms with E-state index in [0.717, 1.165) is 19.6 Å². The van der Waals surface area contributed by atoms with Crippen LogP contribution in [0.3, 0.4) is 0 Å². The van der Waals surface area contributed by atoms with E-state index in [9.17, 15) is 0 Å². The smallest absolute Gasteiger partial charge is 0.0648 e. The predicted molar refractivity (Wildman–Crippen MR) is 65.9 cm³/mol. The highest BCUT2D eigenvalue weighted by atomic mass is 28.3. The number of nitrogens with zero attached hydrogens (tertiary/aromatic N) is 1. The molecule has 0 saturated carbocycles. The molecule has 5 heteroatoms. The van der Waals surface area contributed by atoms with E-state index in [2.05, 4.69) is 24.5 Å². The van der Waals surface area contributed by atoms with Crippen molar-refractivity contribution >= 4 is 8.07 Å². The molecule has 0 aliphatic rings. The van der Waals surface area contributed by atoms with Crippen molar-refractivity contribution in [2.45, 2.75) is 25.3 Å². The van der Waals surface area contributed by atoms with E-state index in [1.807, 2.05) is 0 Å². The largest absolute Gasteiger partial charge is 0.329 e. The van der Waals surface area contributed by atoms with Gasteiger partial charge in [-0.05, 0) is 0 Å². The second-order valence-corrected chi connectivity index (χ2v) is 10.3. The Morgan fingerprint density at radius 3 is 1.79 bits per heavy atom. The van der Waals surface area contributed by atoms with Crippen LogP contribution in [0.1, 0.15) is 0 Å². The Labute approximate surface area is 88.8 Å². The van der Waals surface area contributed by atoms with Crippen LogP contribution in [0, 0.1) is 0 Å². The Kier molecular flexibility index (Phi) is 6.55. The van der Waals surface area contributed by atoms with Gasteiger partial charge in [-0.15, -0.1) is 0 Å². The van der Waals surface area contributed by atoms with Gasteiger partial charge in [-0.3, -0.25) is 4.90 Å². The minimum absolute atomic E-state index is 0.306. The zero-order valence-corrected chi connectivity index (χ0v) is 10.8. The van der Waals surface area contributed by atoms with Crippen LogP contribution in [-0.4, -0.2) is 51.4 Å². The first-order valence-electron chi connectivity index (χ1n) is 5.30. The summed E-state index contributed by atoms with van der Waals surface area (Å²) in [5.41, 5.74) is 17.5. The fourth-order valence-electron chi connectivity index (χ4n) is 1.21. The molecular formula is C9H26N4Si. The van der Waals surface area contributed by atoms with E-state index in [1.54, 1.807) is 0 Å². The summed E-state index contributed by atoms with van der Waals surface area (Å²) in [7, 11) is -1.23. The number of hydrogen-bond acceptors (Lipinski definition) is 4. The summed E-state index contributed by atoms with van der Waals surface area (Å²) < 4.78 is 0. The summed E-state index contributed by atoms with van der Waals surface area (Å²) in [6.07, 6.45) is 0. The monoisotopic (exact) mass is 218 g/mol. The summed E-state index contributed by atoms with van der Waals surface area (Å²) >= 11 is 0. The zero-order valence-electron chi connectivity index (χ0n) is 9.79. The van der Waals surface area contributed by atoms with Crippen LogP contribution in [0.4, 0.5) is 0 Å². The maximum absolute atomic E-state index is 6.15. The fraction of sp³-hybridized carbons (Fsp3) is 1.00. The van der Waals surface area contributed by atoms with Gasteiger partial charge in [-0.2, -0.15) is 0 Å². The number of nitrogens with two attached hydrogens (primary N) is 3. The van der Waals surface area contributed by atoms with Gasteiger partial charge in [0.1, 0.15) is 0 Å². The molecule has 1 unspecified atom stereocenters. The maximum Gasteiger partial charge on any atom is 0.0648 e. The summed E-state index contributed by atoms with van der Waals surface area (Å²) in [4.78, 5) is 2.27. The van der Waals surface area contributed by atoms with Gasteiger partial charge in [0.05, 0.1) is 8.07 Å². The SMILES string of the molecule is C[Si](C)(C)C(N)CN(CCN)CCN. The molecule has 0 radical (unpaired) electrons. The van der Waals surface area contributed by atoms with Crippen LogP contribution in [0.2, 0.25) is 19.6 Å². The van der Waals surface area contributed by atoms with Gasteiger partial charge in [0, 0.05) is 38.4 Å². The average Bonchev–Trinajstić information content (AvgIpc) is 2.03. The Hall–Kier alpha value is 0.0569. The van der Waals surface area contributed by atoms with Gasteiger partial charge >= 0.3 is 0 Å². The molecule has 0 spiro atoms. The molecule has 6 N–H and O–H groups in total. The highest BCUT2D eigenvalue weighted by Crippen LogP contribution is 2.06. The highest BCUT2D eigenvalue weighted by molar-refractivity contribution is 6.77. The predicted octanol–water partition coefficient (Wildman–Crippen LogP) is -0.589. The molecule has 0 aliphatic heterocycles. The first-order valence-corrected chi connectivity index (χ1v) is 8.87. The molecule has 0 heterocycles. The van der Waals surface area contributed by atoms with Crippen molar-refractivity contribution in [1.29, 1.82) is 0 Å². The van der Waals surface area contributed by atoms with Gasteiger partial charge in [-0.1, -0.05) is 19.6 Å². The Morgan fingerprint density at radius 2 is 1.50 bits per heavy atom. The minimum atomic E-state index is -1.23. The van der Waals surface area contributed by atoms with Gasteiger partial charge in [0.25, 0.3) is 0 Å². The average molecular weight is 218 g/mol. The molecule has 4 nitrogen and oxygen atoms in total. The molecule has 0 aromatic heterocycles. The second kappa shape index (κ2) is 6.52. The van der Waals surface area contributed by atoms with Crippen molar-refractivity contribution in [3.8, 4) is 0 Å². The lowest BCUT2D eigenvalue weighted by Crippen LogP contribution is -2.53. The third-order valence-electron chi connectivity index (χ3n) is 2.46. The van der Waals surface area contributed by atoms with Gasteiger partial charge in [0.15, 0.2) is 0 Å². The van der Waals surface area contributed by atoms with E-state index in [-0.39, 0.29) is 0 Å². The normalized spacial score (nSPS) is 14.8. The summed E-state index contributed by atoms with van der Waals surface area (Å²) in [6.45, 7) is 11.0. The van der Waals surface area contributed by atoms with Crippen LogP contribution in [0.15, 0.2) is 0 Å². The molecule has 0 aromatic rings. The number of hydrogen-bond donors (Lipinski definition) is 3. The van der Waals surface area contributed by atoms with E-state index in [4.69, 9.17) is 17.2 Å². The van der Waals surface area contributed by atoms with Crippen LogP contribution in [-0.2, 0) is 0 Å². The fourth-order valence-corrected chi connectivity index (χ4v) is 2.02. The molecular weight excluding hydrogens is 192 g/mol. The van der Waals surface area contributed by atoms with Crippen LogP contribution in [0.25, 0.3) is 0 Å². The Morgan fingerprint density at radius 1 is 1.07 bits per heavy atom. The van der Waals surface area contributed by atoms with Crippen molar-refractivity contribution in [3.63, 3.8) is 0 Å². The van der Waals surface area contributed by atoms with Crippen LogP contribution < -0.4 is 17.2 Å². The summed E-state index contributed by atoms with van der Waals surface area (Å²) in [5, 5.41) is 0. The lowest BCUT2D eigenvalue weighted by atomic mass is 10.4. The molecule has 0 saturated heterocycles. The molecule has 0 aromatic carbocycles. The topological polar surface area (TPSA) is 81.3 Å². The Bertz CT molecular complexity index is 140. The second-order valence-electron chi connectivity index (χ2n) is 4.85. The van der Waals surface area contributed by atoms with Gasteiger partial charge < -0.3 is 17.2 Å². The molecule has 0 amide bonds. The lowest BCUT2D eigenvalue weighted by Gasteiger charge is -2.31. The third kappa shape index (κ3) is 5.72. The zero-order chi connectivity index (χ0) is 11.2. The van der Waals surface area contributed by atoms with E-state index in [1.165, 1.54) is 0 Å². The van der Waals surface area contributed by atoms with Crippen molar-refractivity contribution < 1.29 is 0 Å². The van der Waals surface area contributed by atoms with E-state index < -0.39 is 8.07 Å². The third-order valence-corrected chi connectivity index (χ3v) is 4.87. The molecule has 0 aliphatic carbocycles. The molecule has 86 valence electrons. The van der Waals surface area contributed by atoms with Crippen molar-refractivity contribution in [1.82, 2.24) is 4.90 Å². The van der Waals surface area contributed by atoms with Gasteiger partial charge in [-0.25, -0.2) is 0 Å². The van der Waals surface area contributed by atoms with Crippen molar-refractivity contribution in [2.75, 3.05) is 32.7 Å². The summed E-state index contributed by atoms with van der Waals surface area (Å²) in [6, 6.07) is 0. The molecule has 0 rings (SSSR count). The maximum atomic E-state index is 6.15. The van der Waals surface area contributed by atoms with Crippen molar-refractivity contribution in [3.05, 3.63) is 0 Å². The number of rotatable bonds is 7. The van der Waals surface area contributed by atoms with Gasteiger partial charge in [0.2, 0.25) is 0 Å². The quantitative estimate of drug-likeness (QED) is 0.499. The first kappa shape index (κ1) is 14.1.